The van der Waals surface area contributed by atoms with E-state index < -0.39 is 0 Å². The SMILES string of the molecule is c1cc2c(cc1-c1nc(N3CCOCC3)no1)NCC2. The van der Waals surface area contributed by atoms with Crippen LogP contribution in [0, 0.1) is 0 Å². The molecule has 0 unspecified atom stereocenters. The Morgan fingerprint density at radius 2 is 2.10 bits per heavy atom. The van der Waals surface area contributed by atoms with Crippen LogP contribution in [0.2, 0.25) is 0 Å². The van der Waals surface area contributed by atoms with E-state index in [0.29, 0.717) is 25.1 Å². The van der Waals surface area contributed by atoms with Gasteiger partial charge in [0.15, 0.2) is 0 Å². The lowest BCUT2D eigenvalue weighted by atomic mass is 10.1. The maximum atomic E-state index is 5.39. The van der Waals surface area contributed by atoms with Gasteiger partial charge in [-0.05, 0) is 29.3 Å². The maximum absolute atomic E-state index is 5.39. The highest BCUT2D eigenvalue weighted by molar-refractivity contribution is 5.67. The molecule has 104 valence electrons. The van der Waals surface area contributed by atoms with E-state index in [1.165, 1.54) is 11.3 Å². The molecule has 0 spiro atoms. The van der Waals surface area contributed by atoms with Gasteiger partial charge in [0.25, 0.3) is 11.8 Å². The summed E-state index contributed by atoms with van der Waals surface area (Å²) in [4.78, 5) is 6.58. The first-order valence-electron chi connectivity index (χ1n) is 6.94. The predicted octanol–water partition coefficient (Wildman–Crippen LogP) is 1.54. The number of nitrogens with one attached hydrogen (secondary N) is 1. The van der Waals surface area contributed by atoms with Gasteiger partial charge in [-0.1, -0.05) is 6.07 Å². The number of anilines is 2. The third kappa shape index (κ3) is 2.02. The Balaban J connectivity index is 1.61. The maximum Gasteiger partial charge on any atom is 0.266 e. The Labute approximate surface area is 116 Å². The van der Waals surface area contributed by atoms with Gasteiger partial charge in [-0.2, -0.15) is 4.98 Å². The van der Waals surface area contributed by atoms with Gasteiger partial charge in [-0.15, -0.1) is 0 Å². The Morgan fingerprint density at radius 1 is 1.20 bits per heavy atom. The van der Waals surface area contributed by atoms with Crippen LogP contribution in [0.25, 0.3) is 11.5 Å². The van der Waals surface area contributed by atoms with Crippen molar-refractivity contribution in [3.05, 3.63) is 23.8 Å². The molecular weight excluding hydrogens is 256 g/mol. The molecule has 0 amide bonds. The molecular formula is C14H16N4O2. The zero-order chi connectivity index (χ0) is 13.4. The third-order valence-corrected chi connectivity index (χ3v) is 3.78. The van der Waals surface area contributed by atoms with Crippen molar-refractivity contribution in [1.29, 1.82) is 0 Å². The molecule has 1 fully saturated rings. The van der Waals surface area contributed by atoms with Gasteiger partial charge in [0.2, 0.25) is 0 Å². The van der Waals surface area contributed by atoms with Crippen molar-refractivity contribution in [2.24, 2.45) is 0 Å². The van der Waals surface area contributed by atoms with Gasteiger partial charge in [0.05, 0.1) is 13.2 Å². The minimum atomic E-state index is 0.572. The third-order valence-electron chi connectivity index (χ3n) is 3.78. The van der Waals surface area contributed by atoms with Crippen LogP contribution in [0.3, 0.4) is 0 Å². The molecule has 2 aliphatic rings. The summed E-state index contributed by atoms with van der Waals surface area (Å²) in [6.07, 6.45) is 1.08. The summed E-state index contributed by atoms with van der Waals surface area (Å²) in [7, 11) is 0. The van der Waals surface area contributed by atoms with Crippen molar-refractivity contribution in [2.45, 2.75) is 6.42 Å². The largest absolute Gasteiger partial charge is 0.384 e. The van der Waals surface area contributed by atoms with Crippen molar-refractivity contribution in [3.8, 4) is 11.5 Å². The summed E-state index contributed by atoms with van der Waals surface area (Å²) in [5.41, 5.74) is 3.49. The summed E-state index contributed by atoms with van der Waals surface area (Å²) in [6, 6.07) is 6.25. The molecule has 1 N–H and O–H groups in total. The molecule has 6 nitrogen and oxygen atoms in total. The van der Waals surface area contributed by atoms with Crippen LogP contribution >= 0.6 is 0 Å². The molecule has 0 aliphatic carbocycles. The van der Waals surface area contributed by atoms with Crippen LogP contribution in [0.1, 0.15) is 5.56 Å². The molecule has 6 heteroatoms. The molecule has 2 aromatic rings. The number of aromatic nitrogens is 2. The zero-order valence-electron chi connectivity index (χ0n) is 11.1. The lowest BCUT2D eigenvalue weighted by Crippen LogP contribution is -2.36. The minimum absolute atomic E-state index is 0.572. The summed E-state index contributed by atoms with van der Waals surface area (Å²) in [5, 5.41) is 7.44. The van der Waals surface area contributed by atoms with E-state index in [4.69, 9.17) is 9.26 Å². The summed E-state index contributed by atoms with van der Waals surface area (Å²) in [5.74, 6) is 1.22. The topological polar surface area (TPSA) is 63.4 Å². The van der Waals surface area contributed by atoms with E-state index in [1.54, 1.807) is 0 Å². The highest BCUT2D eigenvalue weighted by atomic mass is 16.5. The van der Waals surface area contributed by atoms with Gasteiger partial charge < -0.3 is 19.5 Å². The van der Waals surface area contributed by atoms with Crippen LogP contribution in [-0.2, 0) is 11.2 Å². The first-order valence-corrected chi connectivity index (χ1v) is 6.94. The monoisotopic (exact) mass is 272 g/mol. The molecule has 0 atom stereocenters. The second kappa shape index (κ2) is 4.79. The minimum Gasteiger partial charge on any atom is -0.384 e. The molecule has 0 radical (unpaired) electrons. The Bertz CT molecular complexity index is 619. The average molecular weight is 272 g/mol. The molecule has 2 aliphatic heterocycles. The molecule has 20 heavy (non-hydrogen) atoms. The Morgan fingerprint density at radius 3 is 3.00 bits per heavy atom. The van der Waals surface area contributed by atoms with Gasteiger partial charge >= 0.3 is 0 Å². The van der Waals surface area contributed by atoms with Crippen LogP contribution in [0.4, 0.5) is 11.6 Å². The number of fused-ring (bicyclic) bond motifs is 1. The van der Waals surface area contributed by atoms with Crippen LogP contribution < -0.4 is 10.2 Å². The molecule has 1 aromatic heterocycles. The Hall–Kier alpha value is -2.08. The fourth-order valence-electron chi connectivity index (χ4n) is 2.65. The highest BCUT2D eigenvalue weighted by Crippen LogP contribution is 2.29. The summed E-state index contributed by atoms with van der Waals surface area (Å²) < 4.78 is 10.7. The number of morpholine rings is 1. The van der Waals surface area contributed by atoms with Crippen LogP contribution in [0.15, 0.2) is 22.7 Å². The molecule has 0 bridgehead atoms. The lowest BCUT2D eigenvalue weighted by Gasteiger charge is -2.24. The first-order chi connectivity index (χ1) is 9.90. The molecule has 1 saturated heterocycles. The van der Waals surface area contributed by atoms with Crippen molar-refractivity contribution < 1.29 is 9.26 Å². The average Bonchev–Trinajstić information content (AvgIpc) is 3.16. The number of nitrogens with zero attached hydrogens (tertiary/aromatic N) is 3. The van der Waals surface area contributed by atoms with Crippen molar-refractivity contribution in [1.82, 2.24) is 10.1 Å². The smallest absolute Gasteiger partial charge is 0.266 e. The number of hydrogen-bond donors (Lipinski definition) is 1. The molecule has 0 saturated carbocycles. The van der Waals surface area contributed by atoms with E-state index in [1.807, 2.05) is 6.07 Å². The number of hydrogen-bond acceptors (Lipinski definition) is 6. The lowest BCUT2D eigenvalue weighted by molar-refractivity contribution is 0.121. The van der Waals surface area contributed by atoms with E-state index in [0.717, 1.165) is 31.6 Å². The van der Waals surface area contributed by atoms with Gasteiger partial charge in [-0.3, -0.25) is 0 Å². The van der Waals surface area contributed by atoms with Crippen molar-refractivity contribution in [2.75, 3.05) is 43.1 Å². The van der Waals surface area contributed by atoms with Crippen LogP contribution in [-0.4, -0.2) is 43.0 Å². The highest BCUT2D eigenvalue weighted by Gasteiger charge is 2.19. The Kier molecular flexibility index (Phi) is 2.81. The second-order valence-corrected chi connectivity index (χ2v) is 5.05. The quantitative estimate of drug-likeness (QED) is 0.894. The van der Waals surface area contributed by atoms with Crippen molar-refractivity contribution >= 4 is 11.6 Å². The molecule has 3 heterocycles. The van der Waals surface area contributed by atoms with Gasteiger partial charge in [0.1, 0.15) is 0 Å². The van der Waals surface area contributed by atoms with Crippen molar-refractivity contribution in [3.63, 3.8) is 0 Å². The second-order valence-electron chi connectivity index (χ2n) is 5.05. The van der Waals surface area contributed by atoms with E-state index in [9.17, 15) is 0 Å². The molecule has 1 aromatic carbocycles. The van der Waals surface area contributed by atoms with Gasteiger partial charge in [0, 0.05) is 30.9 Å². The normalized spacial score (nSPS) is 17.9. The molecule has 4 rings (SSSR count). The summed E-state index contributed by atoms with van der Waals surface area (Å²) in [6.45, 7) is 4.05. The zero-order valence-corrected chi connectivity index (χ0v) is 11.1. The fraction of sp³-hybridized carbons (Fsp3) is 0.429. The van der Waals surface area contributed by atoms with Crippen LogP contribution in [0.5, 0.6) is 0 Å². The fourth-order valence-corrected chi connectivity index (χ4v) is 2.65. The van der Waals surface area contributed by atoms with E-state index in [2.05, 4.69) is 32.5 Å². The van der Waals surface area contributed by atoms with Gasteiger partial charge in [-0.25, -0.2) is 0 Å². The number of rotatable bonds is 2. The van der Waals surface area contributed by atoms with E-state index >= 15 is 0 Å². The van der Waals surface area contributed by atoms with E-state index in [-0.39, 0.29) is 0 Å². The first kappa shape index (κ1) is 11.7. The summed E-state index contributed by atoms with van der Waals surface area (Å²) >= 11 is 0. The number of ether oxygens (including phenoxy) is 1. The number of benzene rings is 1. The predicted molar refractivity (Wildman–Crippen MR) is 75.0 cm³/mol. The standard InChI is InChI=1S/C14H16N4O2/c1-2-11(9-12-10(1)3-4-15-12)13-16-14(17-20-13)18-5-7-19-8-6-18/h1-2,9,15H,3-8H2.